The molecule has 0 fully saturated rings. The molecule has 0 saturated carbocycles. The molecule has 118 valence electrons. The molecule has 0 aromatic carbocycles. The molecule has 2 amide bonds. The summed E-state index contributed by atoms with van der Waals surface area (Å²) in [5.41, 5.74) is 1.88. The third-order valence-corrected chi connectivity index (χ3v) is 3.23. The van der Waals surface area contributed by atoms with Crippen LogP contribution < -0.4 is 10.6 Å². The number of carbonyl (C=O) groups is 2. The van der Waals surface area contributed by atoms with Crippen LogP contribution in [0.2, 0.25) is 0 Å². The van der Waals surface area contributed by atoms with Crippen molar-refractivity contribution in [1.29, 1.82) is 0 Å². The topological polar surface area (TPSA) is 96.3 Å². The minimum absolute atomic E-state index is 0.180. The van der Waals surface area contributed by atoms with Gasteiger partial charge in [0.25, 0.3) is 0 Å². The zero-order valence-electron chi connectivity index (χ0n) is 13.0. The number of rotatable bonds is 7. The minimum Gasteiger partial charge on any atom is -0.480 e. The van der Waals surface area contributed by atoms with E-state index < -0.39 is 18.0 Å². The Kier molecular flexibility index (Phi) is 6.20. The van der Waals surface area contributed by atoms with E-state index >= 15 is 0 Å². The maximum atomic E-state index is 11.8. The number of carboxylic acid groups (broad SMARTS) is 1. The van der Waals surface area contributed by atoms with Gasteiger partial charge in [0.2, 0.25) is 0 Å². The Morgan fingerprint density at radius 3 is 2.52 bits per heavy atom. The summed E-state index contributed by atoms with van der Waals surface area (Å²) >= 11 is 0. The monoisotopic (exact) mass is 296 g/mol. The minimum atomic E-state index is -1.04. The summed E-state index contributed by atoms with van der Waals surface area (Å²) in [6.07, 6.45) is 0.834. The fourth-order valence-corrected chi connectivity index (χ4v) is 1.98. The lowest BCUT2D eigenvalue weighted by molar-refractivity contribution is -0.140. The first kappa shape index (κ1) is 17.0. The molecular weight excluding hydrogens is 272 g/mol. The average molecular weight is 296 g/mol. The van der Waals surface area contributed by atoms with E-state index in [-0.39, 0.29) is 5.92 Å². The van der Waals surface area contributed by atoms with E-state index in [1.807, 2.05) is 24.6 Å². The standard InChI is InChI=1S/C14H24N4O3/c1-5-10-7-11(18(6-2)17-10)8-15-14(21)16-12(9(3)4)13(19)20/h7,9,12H,5-6,8H2,1-4H3,(H,19,20)(H2,15,16,21). The van der Waals surface area contributed by atoms with Crippen LogP contribution in [0.25, 0.3) is 0 Å². The van der Waals surface area contributed by atoms with Crippen LogP contribution in [0.4, 0.5) is 4.79 Å². The van der Waals surface area contributed by atoms with Crippen LogP contribution in [0.5, 0.6) is 0 Å². The lowest BCUT2D eigenvalue weighted by Gasteiger charge is -2.18. The second kappa shape index (κ2) is 7.66. The van der Waals surface area contributed by atoms with Crippen LogP contribution in [-0.2, 0) is 24.3 Å². The van der Waals surface area contributed by atoms with Crippen LogP contribution in [0.3, 0.4) is 0 Å². The van der Waals surface area contributed by atoms with Gasteiger partial charge in [0.1, 0.15) is 6.04 Å². The molecular formula is C14H24N4O3. The average Bonchev–Trinajstić information content (AvgIpc) is 2.84. The van der Waals surface area contributed by atoms with Gasteiger partial charge in [-0.2, -0.15) is 5.10 Å². The first-order valence-corrected chi connectivity index (χ1v) is 7.21. The van der Waals surface area contributed by atoms with Crippen molar-refractivity contribution < 1.29 is 14.7 Å². The van der Waals surface area contributed by atoms with Gasteiger partial charge < -0.3 is 15.7 Å². The molecule has 0 spiro atoms. The Bertz CT molecular complexity index is 496. The van der Waals surface area contributed by atoms with E-state index in [0.717, 1.165) is 24.4 Å². The quantitative estimate of drug-likeness (QED) is 0.708. The van der Waals surface area contributed by atoms with Gasteiger partial charge in [0, 0.05) is 6.54 Å². The zero-order valence-corrected chi connectivity index (χ0v) is 13.0. The van der Waals surface area contributed by atoms with Gasteiger partial charge in [-0.05, 0) is 25.3 Å². The lowest BCUT2D eigenvalue weighted by atomic mass is 10.1. The molecule has 1 unspecified atom stereocenters. The highest BCUT2D eigenvalue weighted by Gasteiger charge is 2.23. The van der Waals surface area contributed by atoms with Gasteiger partial charge in [0.05, 0.1) is 17.9 Å². The molecule has 0 saturated heterocycles. The molecule has 7 heteroatoms. The maximum absolute atomic E-state index is 11.8. The Labute approximate surface area is 124 Å². The number of urea groups is 1. The molecule has 0 aliphatic rings. The summed E-state index contributed by atoms with van der Waals surface area (Å²) < 4.78 is 1.83. The smallest absolute Gasteiger partial charge is 0.326 e. The summed E-state index contributed by atoms with van der Waals surface area (Å²) in [7, 11) is 0. The molecule has 21 heavy (non-hydrogen) atoms. The number of carbonyl (C=O) groups excluding carboxylic acids is 1. The molecule has 0 bridgehead atoms. The molecule has 1 heterocycles. The summed E-state index contributed by atoms with van der Waals surface area (Å²) in [6, 6.07) is 0.561. The van der Waals surface area contributed by atoms with Crippen molar-refractivity contribution in [2.45, 2.75) is 53.2 Å². The van der Waals surface area contributed by atoms with Gasteiger partial charge in [-0.1, -0.05) is 20.8 Å². The van der Waals surface area contributed by atoms with Crippen LogP contribution >= 0.6 is 0 Å². The van der Waals surface area contributed by atoms with E-state index in [4.69, 9.17) is 5.11 Å². The third-order valence-electron chi connectivity index (χ3n) is 3.23. The van der Waals surface area contributed by atoms with Crippen molar-refractivity contribution in [3.8, 4) is 0 Å². The van der Waals surface area contributed by atoms with Crippen LogP contribution in [0.15, 0.2) is 6.07 Å². The molecule has 1 atom stereocenters. The van der Waals surface area contributed by atoms with E-state index in [2.05, 4.69) is 15.7 Å². The van der Waals surface area contributed by atoms with E-state index in [1.165, 1.54) is 0 Å². The summed E-state index contributed by atoms with van der Waals surface area (Å²) in [5.74, 6) is -1.21. The normalized spacial score (nSPS) is 12.2. The highest BCUT2D eigenvalue weighted by atomic mass is 16.4. The fraction of sp³-hybridized carbons (Fsp3) is 0.643. The molecule has 0 radical (unpaired) electrons. The van der Waals surface area contributed by atoms with E-state index in [1.54, 1.807) is 13.8 Å². The Morgan fingerprint density at radius 2 is 2.05 bits per heavy atom. The van der Waals surface area contributed by atoms with E-state index in [0.29, 0.717) is 6.54 Å². The number of nitrogens with one attached hydrogen (secondary N) is 2. The SMILES string of the molecule is CCc1cc(CNC(=O)NC(C(=O)O)C(C)C)n(CC)n1. The van der Waals surface area contributed by atoms with Crippen LogP contribution in [0, 0.1) is 5.92 Å². The number of aliphatic carboxylic acids is 1. The predicted octanol–water partition coefficient (Wildman–Crippen LogP) is 1.37. The molecule has 7 nitrogen and oxygen atoms in total. The van der Waals surface area contributed by atoms with Crippen molar-refractivity contribution in [2.24, 2.45) is 5.92 Å². The number of aryl methyl sites for hydroxylation is 2. The maximum Gasteiger partial charge on any atom is 0.326 e. The second-order valence-electron chi connectivity index (χ2n) is 5.18. The zero-order chi connectivity index (χ0) is 16.0. The molecule has 1 aromatic rings. The molecule has 3 N–H and O–H groups in total. The predicted molar refractivity (Wildman–Crippen MR) is 78.9 cm³/mol. The summed E-state index contributed by atoms with van der Waals surface area (Å²) in [5, 5.41) is 18.6. The van der Waals surface area contributed by atoms with Gasteiger partial charge in [0.15, 0.2) is 0 Å². The van der Waals surface area contributed by atoms with E-state index in [9.17, 15) is 9.59 Å². The van der Waals surface area contributed by atoms with Gasteiger partial charge in [-0.25, -0.2) is 9.59 Å². The molecule has 1 rings (SSSR count). The van der Waals surface area contributed by atoms with Crippen molar-refractivity contribution in [1.82, 2.24) is 20.4 Å². The van der Waals surface area contributed by atoms with Gasteiger partial charge in [-0.3, -0.25) is 4.68 Å². The largest absolute Gasteiger partial charge is 0.480 e. The number of hydrogen-bond donors (Lipinski definition) is 3. The Balaban J connectivity index is 2.60. The first-order valence-electron chi connectivity index (χ1n) is 7.21. The fourth-order valence-electron chi connectivity index (χ4n) is 1.98. The second-order valence-corrected chi connectivity index (χ2v) is 5.18. The number of nitrogens with zero attached hydrogens (tertiary/aromatic N) is 2. The summed E-state index contributed by atoms with van der Waals surface area (Å²) in [4.78, 5) is 22.8. The Morgan fingerprint density at radius 1 is 1.38 bits per heavy atom. The molecule has 0 aliphatic heterocycles. The van der Waals surface area contributed by atoms with Crippen LogP contribution in [-0.4, -0.2) is 32.9 Å². The number of aromatic nitrogens is 2. The van der Waals surface area contributed by atoms with Gasteiger partial charge >= 0.3 is 12.0 Å². The van der Waals surface area contributed by atoms with Crippen molar-refractivity contribution in [2.75, 3.05) is 0 Å². The third kappa shape index (κ3) is 4.77. The lowest BCUT2D eigenvalue weighted by Crippen LogP contribution is -2.48. The molecule has 0 aliphatic carbocycles. The Hall–Kier alpha value is -2.05. The highest BCUT2D eigenvalue weighted by Crippen LogP contribution is 2.06. The molecule has 1 aromatic heterocycles. The van der Waals surface area contributed by atoms with Crippen molar-refractivity contribution >= 4 is 12.0 Å². The van der Waals surface area contributed by atoms with Crippen LogP contribution in [0.1, 0.15) is 39.1 Å². The van der Waals surface area contributed by atoms with Gasteiger partial charge in [-0.15, -0.1) is 0 Å². The number of carboxylic acids is 1. The number of amides is 2. The summed E-state index contributed by atoms with van der Waals surface area (Å²) in [6.45, 7) is 8.54. The highest BCUT2D eigenvalue weighted by molar-refractivity contribution is 5.82. The number of hydrogen-bond acceptors (Lipinski definition) is 3. The van der Waals surface area contributed by atoms with Crippen molar-refractivity contribution in [3.05, 3.63) is 17.5 Å². The first-order chi connectivity index (χ1) is 9.88. The van der Waals surface area contributed by atoms with Crippen molar-refractivity contribution in [3.63, 3.8) is 0 Å².